The highest BCUT2D eigenvalue weighted by Crippen LogP contribution is 2.19. The molecule has 7 nitrogen and oxygen atoms in total. The fraction of sp³-hybridized carbons (Fsp3) is 0.350. The summed E-state index contributed by atoms with van der Waals surface area (Å²) in [6.45, 7) is 4.84. The van der Waals surface area contributed by atoms with Crippen molar-refractivity contribution < 1.29 is 4.42 Å². The molecule has 0 saturated carbocycles. The van der Waals surface area contributed by atoms with Gasteiger partial charge in [-0.25, -0.2) is 4.99 Å². The molecule has 2 heterocycles. The van der Waals surface area contributed by atoms with E-state index in [0.29, 0.717) is 6.54 Å². The number of thioether (sulfide) groups is 1. The van der Waals surface area contributed by atoms with Crippen LogP contribution in [0.2, 0.25) is 5.02 Å². The Kier molecular flexibility index (Phi) is 8.45. The number of hydrogen-bond acceptors (Lipinski definition) is 5. The predicted molar refractivity (Wildman–Crippen MR) is 117 cm³/mol. The Bertz CT molecular complexity index is 879. The first kappa shape index (κ1) is 21.3. The topological polar surface area (TPSA) is 80.3 Å². The van der Waals surface area contributed by atoms with Crippen LogP contribution in [0.3, 0.4) is 0 Å². The molecule has 3 aromatic rings. The van der Waals surface area contributed by atoms with E-state index in [0.717, 1.165) is 54.4 Å². The number of furan rings is 1. The molecule has 3 rings (SSSR count). The van der Waals surface area contributed by atoms with Gasteiger partial charge < -0.3 is 19.6 Å². The number of nitrogens with zero attached hydrogens (tertiary/aromatic N) is 4. The molecule has 0 atom stereocenters. The first-order valence-electron chi connectivity index (χ1n) is 9.54. The molecular weight excluding hydrogens is 408 g/mol. The molecule has 0 aliphatic carbocycles. The lowest BCUT2D eigenvalue weighted by Gasteiger charge is -2.13. The molecule has 0 radical (unpaired) electrons. The standard InChI is InChI=1S/C20H25ClN6OS/c1-2-19-26-25-15-27(19)11-9-22-20(24-14-17-4-3-12-28-17)23-10-13-29-18-7-5-16(21)6-8-18/h3-8,12,15H,2,9-11,13-14H2,1H3,(H2,22,23,24). The molecule has 0 saturated heterocycles. The van der Waals surface area contributed by atoms with Gasteiger partial charge in [-0.05, 0) is 36.4 Å². The summed E-state index contributed by atoms with van der Waals surface area (Å²) in [5.74, 6) is 3.47. The Morgan fingerprint density at radius 1 is 1.21 bits per heavy atom. The highest BCUT2D eigenvalue weighted by atomic mass is 35.5. The van der Waals surface area contributed by atoms with Crippen molar-refractivity contribution in [1.29, 1.82) is 0 Å². The lowest BCUT2D eigenvalue weighted by atomic mass is 10.4. The molecule has 29 heavy (non-hydrogen) atoms. The van der Waals surface area contributed by atoms with E-state index in [2.05, 4.69) is 32.7 Å². The van der Waals surface area contributed by atoms with E-state index in [9.17, 15) is 0 Å². The van der Waals surface area contributed by atoms with Gasteiger partial charge in [0.15, 0.2) is 5.96 Å². The van der Waals surface area contributed by atoms with Crippen LogP contribution in [0.1, 0.15) is 18.5 Å². The lowest BCUT2D eigenvalue weighted by molar-refractivity contribution is 0.511. The molecule has 0 fully saturated rings. The molecule has 2 N–H and O–H groups in total. The van der Waals surface area contributed by atoms with Crippen molar-refractivity contribution in [3.63, 3.8) is 0 Å². The zero-order valence-electron chi connectivity index (χ0n) is 16.3. The minimum Gasteiger partial charge on any atom is -0.467 e. The normalized spacial score (nSPS) is 11.6. The van der Waals surface area contributed by atoms with Crippen LogP contribution in [0.25, 0.3) is 0 Å². The van der Waals surface area contributed by atoms with Crippen LogP contribution >= 0.6 is 23.4 Å². The van der Waals surface area contributed by atoms with Gasteiger partial charge in [-0.15, -0.1) is 22.0 Å². The SMILES string of the molecule is CCc1nncn1CCNC(=NCc1ccco1)NCCSc1ccc(Cl)cc1. The summed E-state index contributed by atoms with van der Waals surface area (Å²) in [5, 5.41) is 15.6. The average molecular weight is 433 g/mol. The third kappa shape index (κ3) is 7.14. The van der Waals surface area contributed by atoms with Crippen molar-refractivity contribution in [3.05, 3.63) is 65.6 Å². The Morgan fingerprint density at radius 2 is 2.03 bits per heavy atom. The zero-order valence-corrected chi connectivity index (χ0v) is 17.9. The molecule has 154 valence electrons. The molecule has 9 heteroatoms. The van der Waals surface area contributed by atoms with Crippen LogP contribution < -0.4 is 10.6 Å². The molecule has 2 aromatic heterocycles. The first-order valence-corrected chi connectivity index (χ1v) is 10.9. The van der Waals surface area contributed by atoms with Crippen molar-refractivity contribution in [3.8, 4) is 0 Å². The quantitative estimate of drug-likeness (QED) is 0.220. The molecule has 0 amide bonds. The maximum Gasteiger partial charge on any atom is 0.191 e. The van der Waals surface area contributed by atoms with Crippen LogP contribution in [0, 0.1) is 0 Å². The Hall–Kier alpha value is -2.45. The Labute approximate surface area is 180 Å². The maximum absolute atomic E-state index is 5.93. The number of rotatable bonds is 10. The fourth-order valence-corrected chi connectivity index (χ4v) is 3.53. The number of hydrogen-bond donors (Lipinski definition) is 2. The highest BCUT2D eigenvalue weighted by Gasteiger charge is 2.04. The predicted octanol–water partition coefficient (Wildman–Crippen LogP) is 3.61. The van der Waals surface area contributed by atoms with Gasteiger partial charge in [0, 0.05) is 41.7 Å². The number of nitrogens with one attached hydrogen (secondary N) is 2. The molecule has 0 spiro atoms. The van der Waals surface area contributed by atoms with Crippen LogP contribution in [0.4, 0.5) is 0 Å². The van der Waals surface area contributed by atoms with Gasteiger partial charge in [-0.3, -0.25) is 0 Å². The second-order valence-electron chi connectivity index (χ2n) is 6.19. The third-order valence-corrected chi connectivity index (χ3v) is 5.37. The monoisotopic (exact) mass is 432 g/mol. The first-order chi connectivity index (χ1) is 14.2. The van der Waals surface area contributed by atoms with Crippen LogP contribution in [0.15, 0.2) is 63.3 Å². The molecule has 0 aliphatic rings. The van der Waals surface area contributed by atoms with E-state index in [-0.39, 0.29) is 0 Å². The Morgan fingerprint density at radius 3 is 2.79 bits per heavy atom. The van der Waals surface area contributed by atoms with Gasteiger partial charge in [-0.2, -0.15) is 0 Å². The minimum absolute atomic E-state index is 0.486. The molecule has 1 aromatic carbocycles. The van der Waals surface area contributed by atoms with Crippen LogP contribution in [0.5, 0.6) is 0 Å². The van der Waals surface area contributed by atoms with E-state index < -0.39 is 0 Å². The largest absolute Gasteiger partial charge is 0.467 e. The highest BCUT2D eigenvalue weighted by molar-refractivity contribution is 7.99. The van der Waals surface area contributed by atoms with Crippen LogP contribution in [-0.2, 0) is 19.5 Å². The molecule has 0 unspecified atom stereocenters. The average Bonchev–Trinajstić information content (AvgIpc) is 3.41. The summed E-state index contributed by atoms with van der Waals surface area (Å²) in [6, 6.07) is 11.7. The molecule has 0 aliphatic heterocycles. The van der Waals surface area contributed by atoms with Crippen molar-refractivity contribution in [2.24, 2.45) is 4.99 Å². The zero-order chi connectivity index (χ0) is 20.3. The van der Waals surface area contributed by atoms with E-state index >= 15 is 0 Å². The lowest BCUT2D eigenvalue weighted by Crippen LogP contribution is -2.40. The van der Waals surface area contributed by atoms with E-state index in [1.807, 2.05) is 41.0 Å². The number of halogens is 1. The second-order valence-corrected chi connectivity index (χ2v) is 7.80. The van der Waals surface area contributed by atoms with Gasteiger partial charge in [0.25, 0.3) is 0 Å². The van der Waals surface area contributed by atoms with Gasteiger partial charge in [-0.1, -0.05) is 18.5 Å². The fourth-order valence-electron chi connectivity index (χ4n) is 2.64. The van der Waals surface area contributed by atoms with E-state index in [1.54, 1.807) is 24.4 Å². The van der Waals surface area contributed by atoms with Crippen molar-refractivity contribution in [2.75, 3.05) is 18.8 Å². The number of benzene rings is 1. The summed E-state index contributed by atoms with van der Waals surface area (Å²) < 4.78 is 7.42. The summed E-state index contributed by atoms with van der Waals surface area (Å²) in [5.41, 5.74) is 0. The van der Waals surface area contributed by atoms with E-state index in [4.69, 9.17) is 16.0 Å². The van der Waals surface area contributed by atoms with Crippen molar-refractivity contribution in [2.45, 2.75) is 31.3 Å². The number of aliphatic imine (C=N–C) groups is 1. The smallest absolute Gasteiger partial charge is 0.191 e. The van der Waals surface area contributed by atoms with Crippen LogP contribution in [-0.4, -0.2) is 39.6 Å². The summed E-state index contributed by atoms with van der Waals surface area (Å²) in [7, 11) is 0. The van der Waals surface area contributed by atoms with Gasteiger partial charge in [0.1, 0.15) is 24.5 Å². The van der Waals surface area contributed by atoms with Gasteiger partial charge in [0.2, 0.25) is 0 Å². The second kappa shape index (κ2) is 11.5. The molecule has 0 bridgehead atoms. The summed E-state index contributed by atoms with van der Waals surface area (Å²) in [4.78, 5) is 5.81. The minimum atomic E-state index is 0.486. The summed E-state index contributed by atoms with van der Waals surface area (Å²) >= 11 is 7.70. The number of guanidine groups is 1. The third-order valence-electron chi connectivity index (χ3n) is 4.11. The Balaban J connectivity index is 1.48. The van der Waals surface area contributed by atoms with Crippen molar-refractivity contribution >= 4 is 29.3 Å². The number of aryl methyl sites for hydroxylation is 1. The van der Waals surface area contributed by atoms with Gasteiger partial charge in [0.05, 0.1) is 6.26 Å². The van der Waals surface area contributed by atoms with E-state index in [1.165, 1.54) is 4.90 Å². The van der Waals surface area contributed by atoms with Crippen molar-refractivity contribution in [1.82, 2.24) is 25.4 Å². The van der Waals surface area contributed by atoms with Gasteiger partial charge >= 0.3 is 0 Å². The number of aromatic nitrogens is 3. The molecular formula is C20H25ClN6OS. The summed E-state index contributed by atoms with van der Waals surface area (Å²) in [6.07, 6.45) is 4.28. The maximum atomic E-state index is 5.93.